The van der Waals surface area contributed by atoms with Gasteiger partial charge in [-0.2, -0.15) is 0 Å². The van der Waals surface area contributed by atoms with Crippen molar-refractivity contribution in [1.82, 2.24) is 0 Å². The molecule has 0 radical (unpaired) electrons. The third kappa shape index (κ3) is 1.95. The van der Waals surface area contributed by atoms with Crippen LogP contribution in [0.5, 0.6) is 0 Å². The van der Waals surface area contributed by atoms with Crippen molar-refractivity contribution in [2.24, 2.45) is 0 Å². The molecule has 3 nitrogen and oxygen atoms in total. The highest BCUT2D eigenvalue weighted by molar-refractivity contribution is 6.13. The molecule has 0 amide bonds. The second-order valence-electron chi connectivity index (χ2n) is 4.78. The molecule has 4 aliphatic carbocycles. The highest BCUT2D eigenvalue weighted by Gasteiger charge is 2.40. The van der Waals surface area contributed by atoms with Crippen molar-refractivity contribution < 1.29 is 10.0 Å². The SMILES string of the molecule is OBO.c1c2cc(N(C3CC3)C3CC3)cc1-2. The lowest BCUT2D eigenvalue weighted by Crippen LogP contribution is -2.27. The normalized spacial score (nSPS) is 19.6. The van der Waals surface area contributed by atoms with Gasteiger partial charge in [0.25, 0.3) is 0 Å². The Kier molecular flexibility index (Phi) is 2.41. The molecule has 2 N–H and O–H groups in total. The maximum atomic E-state index is 7.12. The minimum atomic E-state index is -0.750. The fraction of sp³-hybridized carbons (Fsp3) is 0.500. The number of hydrogen-bond acceptors (Lipinski definition) is 3. The van der Waals surface area contributed by atoms with E-state index in [2.05, 4.69) is 23.1 Å². The molecule has 16 heavy (non-hydrogen) atoms. The van der Waals surface area contributed by atoms with Crippen LogP contribution in [0.25, 0.3) is 11.1 Å². The summed E-state index contributed by atoms with van der Waals surface area (Å²) in [4.78, 5) is 2.68. The van der Waals surface area contributed by atoms with Crippen LogP contribution in [0.15, 0.2) is 18.2 Å². The van der Waals surface area contributed by atoms with E-state index in [0.29, 0.717) is 0 Å². The van der Waals surface area contributed by atoms with Gasteiger partial charge in [0.2, 0.25) is 0 Å². The molecule has 0 atom stereocenters. The average Bonchev–Trinajstić information content (AvgIpc) is 3.08. The van der Waals surface area contributed by atoms with Gasteiger partial charge in [0.1, 0.15) is 0 Å². The van der Waals surface area contributed by atoms with Crippen molar-refractivity contribution in [3.05, 3.63) is 18.2 Å². The summed E-state index contributed by atoms with van der Waals surface area (Å²) >= 11 is 0. The van der Waals surface area contributed by atoms with Crippen molar-refractivity contribution in [2.45, 2.75) is 37.8 Å². The van der Waals surface area contributed by atoms with Gasteiger partial charge in [-0.25, -0.2) is 0 Å². The molecule has 4 heteroatoms. The molecule has 0 bridgehead atoms. The van der Waals surface area contributed by atoms with Crippen molar-refractivity contribution in [3.8, 4) is 11.1 Å². The first-order valence-electron chi connectivity index (χ1n) is 5.99. The molecule has 0 aromatic carbocycles. The quantitative estimate of drug-likeness (QED) is 0.755. The van der Waals surface area contributed by atoms with E-state index in [1.54, 1.807) is 0 Å². The summed E-state index contributed by atoms with van der Waals surface area (Å²) in [5, 5.41) is 14.2. The third-order valence-corrected chi connectivity index (χ3v) is 3.35. The van der Waals surface area contributed by atoms with Gasteiger partial charge in [-0.05, 0) is 55.0 Å². The van der Waals surface area contributed by atoms with E-state index in [4.69, 9.17) is 10.0 Å². The van der Waals surface area contributed by atoms with Gasteiger partial charge >= 0.3 is 7.69 Å². The minimum absolute atomic E-state index is 0.750. The van der Waals surface area contributed by atoms with E-state index in [-0.39, 0.29) is 0 Å². The predicted octanol–water partition coefficient (Wildman–Crippen LogP) is 1.04. The lowest BCUT2D eigenvalue weighted by Gasteiger charge is -2.23. The summed E-state index contributed by atoms with van der Waals surface area (Å²) in [7, 11) is -0.750. The molecule has 0 unspecified atom stereocenters. The third-order valence-electron chi connectivity index (χ3n) is 3.35. The molecular formula is C12H16BNO2. The summed E-state index contributed by atoms with van der Waals surface area (Å²) in [6.07, 6.45) is 5.71. The van der Waals surface area contributed by atoms with Crippen molar-refractivity contribution >= 4 is 13.4 Å². The molecule has 4 rings (SSSR count). The average molecular weight is 217 g/mol. The van der Waals surface area contributed by atoms with Gasteiger partial charge in [0, 0.05) is 17.8 Å². The second kappa shape index (κ2) is 3.79. The van der Waals surface area contributed by atoms with Crippen molar-refractivity contribution in [1.29, 1.82) is 0 Å². The van der Waals surface area contributed by atoms with Crippen LogP contribution < -0.4 is 4.90 Å². The summed E-state index contributed by atoms with van der Waals surface area (Å²) in [6.45, 7) is 0. The van der Waals surface area contributed by atoms with Crippen LogP contribution in [-0.2, 0) is 0 Å². The fourth-order valence-electron chi connectivity index (χ4n) is 2.32. The zero-order valence-electron chi connectivity index (χ0n) is 9.26. The Morgan fingerprint density at radius 1 is 0.938 bits per heavy atom. The Hall–Kier alpha value is -0.995. The van der Waals surface area contributed by atoms with Gasteiger partial charge in [-0.15, -0.1) is 0 Å². The summed E-state index contributed by atoms with van der Waals surface area (Å²) in [6, 6.07) is 8.79. The molecule has 0 heterocycles. The monoisotopic (exact) mass is 217 g/mol. The molecule has 0 aliphatic heterocycles. The van der Waals surface area contributed by atoms with E-state index in [1.165, 1.54) is 42.5 Å². The maximum absolute atomic E-state index is 7.12. The van der Waals surface area contributed by atoms with Crippen LogP contribution in [0, 0.1) is 0 Å². The summed E-state index contributed by atoms with van der Waals surface area (Å²) < 4.78 is 0. The van der Waals surface area contributed by atoms with Crippen LogP contribution >= 0.6 is 0 Å². The summed E-state index contributed by atoms with van der Waals surface area (Å²) in [5.74, 6) is 0. The Balaban J connectivity index is 0.000000247. The lowest BCUT2D eigenvalue weighted by molar-refractivity contribution is 0.448. The Morgan fingerprint density at radius 2 is 1.38 bits per heavy atom. The Bertz CT molecular complexity index is 370. The number of hydrogen-bond donors (Lipinski definition) is 2. The van der Waals surface area contributed by atoms with E-state index < -0.39 is 7.69 Å². The molecule has 0 saturated heterocycles. The first-order valence-corrected chi connectivity index (χ1v) is 5.99. The van der Waals surface area contributed by atoms with Crippen LogP contribution in [0.2, 0.25) is 0 Å². The van der Waals surface area contributed by atoms with Gasteiger partial charge in [-0.3, -0.25) is 0 Å². The van der Waals surface area contributed by atoms with E-state index in [9.17, 15) is 0 Å². The number of benzene rings is 1. The Morgan fingerprint density at radius 3 is 1.75 bits per heavy atom. The molecule has 2 fully saturated rings. The summed E-state index contributed by atoms with van der Waals surface area (Å²) in [5.41, 5.74) is 4.49. The molecule has 0 aromatic rings. The fourth-order valence-corrected chi connectivity index (χ4v) is 2.32. The number of nitrogens with zero attached hydrogens (tertiary/aromatic N) is 1. The largest absolute Gasteiger partial charge is 0.432 e. The molecular weight excluding hydrogens is 201 g/mol. The lowest BCUT2D eigenvalue weighted by atomic mass is 10.3. The standard InChI is InChI=1S/C12H13N.BH3O2/c1-2-10(1)13(11-3-4-11)12-6-8-5-9(8)7-12;2-1-3/h5-7,10-11H,1-4H2;1-3H. The number of anilines is 1. The first kappa shape index (κ1) is 10.2. The number of fused-ring (bicyclic) bond motifs is 1. The van der Waals surface area contributed by atoms with Crippen LogP contribution in [0.3, 0.4) is 0 Å². The van der Waals surface area contributed by atoms with Gasteiger partial charge in [0.05, 0.1) is 0 Å². The zero-order valence-corrected chi connectivity index (χ0v) is 9.26. The topological polar surface area (TPSA) is 43.7 Å². The smallest absolute Gasteiger partial charge is 0.430 e. The maximum Gasteiger partial charge on any atom is 0.432 e. The molecule has 0 aromatic heterocycles. The number of rotatable bonds is 3. The first-order chi connectivity index (χ1) is 7.83. The van der Waals surface area contributed by atoms with Crippen molar-refractivity contribution in [2.75, 3.05) is 4.90 Å². The van der Waals surface area contributed by atoms with E-state index in [0.717, 1.165) is 12.1 Å². The zero-order chi connectivity index (χ0) is 11.1. The highest BCUT2D eigenvalue weighted by atomic mass is 16.4. The molecule has 84 valence electrons. The van der Waals surface area contributed by atoms with Gasteiger partial charge in [0.15, 0.2) is 0 Å². The van der Waals surface area contributed by atoms with Crippen LogP contribution in [0.4, 0.5) is 5.69 Å². The van der Waals surface area contributed by atoms with E-state index in [1.807, 2.05) is 0 Å². The van der Waals surface area contributed by atoms with Crippen molar-refractivity contribution in [3.63, 3.8) is 0 Å². The molecule has 4 aliphatic rings. The highest BCUT2D eigenvalue weighted by Crippen LogP contribution is 2.46. The predicted molar refractivity (Wildman–Crippen MR) is 65.5 cm³/mol. The Labute approximate surface area is 96.0 Å². The molecule has 0 spiro atoms. The van der Waals surface area contributed by atoms with Gasteiger partial charge < -0.3 is 14.9 Å². The molecule has 2 saturated carbocycles. The van der Waals surface area contributed by atoms with Crippen LogP contribution in [-0.4, -0.2) is 29.8 Å². The van der Waals surface area contributed by atoms with E-state index >= 15 is 0 Å². The van der Waals surface area contributed by atoms with Crippen LogP contribution in [0.1, 0.15) is 25.7 Å². The second-order valence-corrected chi connectivity index (χ2v) is 4.78. The minimum Gasteiger partial charge on any atom is -0.430 e. The van der Waals surface area contributed by atoms with Gasteiger partial charge in [-0.1, -0.05) is 0 Å².